The van der Waals surface area contributed by atoms with E-state index >= 15 is 0 Å². The Kier molecular flexibility index (Phi) is 5.97. The molecule has 0 saturated heterocycles. The average Bonchev–Trinajstić information content (AvgIpc) is 2.43. The van der Waals surface area contributed by atoms with Gasteiger partial charge in [-0.1, -0.05) is 12.1 Å². The number of nitrogens with zero attached hydrogens (tertiary/aromatic N) is 1. The maximum absolute atomic E-state index is 11.3. The number of nitrogens with one attached hydrogen (secondary N) is 1. The summed E-state index contributed by atoms with van der Waals surface area (Å²) in [6, 6.07) is 6.64. The van der Waals surface area contributed by atoms with Crippen LogP contribution in [0.3, 0.4) is 0 Å². The minimum absolute atomic E-state index is 0.115. The Labute approximate surface area is 122 Å². The van der Waals surface area contributed by atoms with Crippen molar-refractivity contribution in [2.75, 3.05) is 12.8 Å². The van der Waals surface area contributed by atoms with Crippen molar-refractivity contribution < 1.29 is 9.72 Å². The topological polar surface area (TPSA) is 98.3 Å². The van der Waals surface area contributed by atoms with E-state index in [1.807, 2.05) is 0 Å². The van der Waals surface area contributed by atoms with Crippen molar-refractivity contribution in [3.63, 3.8) is 0 Å². The number of primary amides is 1. The Morgan fingerprint density at radius 3 is 2.70 bits per heavy atom. The monoisotopic (exact) mass is 297 g/mol. The molecule has 0 bridgehead atoms. The molecule has 6 nitrogen and oxygen atoms in total. The van der Waals surface area contributed by atoms with E-state index in [4.69, 9.17) is 5.73 Å². The van der Waals surface area contributed by atoms with Gasteiger partial charge >= 0.3 is 0 Å². The molecule has 0 aliphatic heterocycles. The maximum atomic E-state index is 11.3. The van der Waals surface area contributed by atoms with Gasteiger partial charge < -0.3 is 11.1 Å². The molecular formula is C13H19N3O3S. The molecule has 1 aromatic carbocycles. The van der Waals surface area contributed by atoms with E-state index in [0.717, 1.165) is 6.42 Å². The van der Waals surface area contributed by atoms with Crippen molar-refractivity contribution in [1.29, 1.82) is 0 Å². The molecule has 3 N–H and O–H groups in total. The van der Waals surface area contributed by atoms with E-state index in [2.05, 4.69) is 5.32 Å². The summed E-state index contributed by atoms with van der Waals surface area (Å²) in [5.74, 6) is 0.297. The van der Waals surface area contributed by atoms with E-state index in [1.54, 1.807) is 32.2 Å². The highest BCUT2D eigenvalue weighted by atomic mass is 32.2. The summed E-state index contributed by atoms with van der Waals surface area (Å²) in [7, 11) is 1.69. The number of nitrogens with two attached hydrogens (primary N) is 1. The number of hydrogen-bond acceptors (Lipinski definition) is 5. The first-order valence-corrected chi connectivity index (χ1v) is 7.24. The molecule has 0 aliphatic rings. The molecule has 1 rings (SSSR count). The van der Waals surface area contributed by atoms with E-state index in [0.29, 0.717) is 17.1 Å². The average molecular weight is 297 g/mol. The van der Waals surface area contributed by atoms with Crippen molar-refractivity contribution in [1.82, 2.24) is 5.32 Å². The summed E-state index contributed by atoms with van der Waals surface area (Å²) < 4.78 is 0. The van der Waals surface area contributed by atoms with Crippen molar-refractivity contribution in [3.05, 3.63) is 34.4 Å². The number of nitro groups is 1. The van der Waals surface area contributed by atoms with Crippen molar-refractivity contribution in [3.8, 4) is 0 Å². The number of para-hydroxylation sites is 1. The molecule has 110 valence electrons. The standard InChI is InChI=1S/C13H19N3O3S/c1-13(15-2,12(14)17)8-5-9-20-11-7-4-3-6-10(11)16(18)19/h3-4,6-7,15H,5,8-9H2,1-2H3,(H2,14,17). The summed E-state index contributed by atoms with van der Waals surface area (Å²) >= 11 is 1.42. The van der Waals surface area contributed by atoms with Crippen molar-refractivity contribution >= 4 is 23.4 Å². The zero-order chi connectivity index (χ0) is 15.2. The summed E-state index contributed by atoms with van der Waals surface area (Å²) in [4.78, 5) is 22.4. The van der Waals surface area contributed by atoms with Crippen LogP contribution in [-0.4, -0.2) is 29.2 Å². The second-order valence-electron chi connectivity index (χ2n) is 4.62. The molecule has 0 radical (unpaired) electrons. The molecule has 0 heterocycles. The number of nitro benzene ring substituents is 1. The number of carbonyl (C=O) groups is 1. The third-order valence-corrected chi connectivity index (χ3v) is 4.39. The van der Waals surface area contributed by atoms with Crippen LogP contribution >= 0.6 is 11.8 Å². The van der Waals surface area contributed by atoms with Gasteiger partial charge in [0.2, 0.25) is 5.91 Å². The van der Waals surface area contributed by atoms with Gasteiger partial charge in [-0.2, -0.15) is 0 Å². The van der Waals surface area contributed by atoms with E-state index in [-0.39, 0.29) is 10.6 Å². The SMILES string of the molecule is CNC(C)(CCCSc1ccccc1[N+](=O)[O-])C(N)=O. The molecule has 1 aromatic rings. The summed E-state index contributed by atoms with van der Waals surface area (Å²) in [6.45, 7) is 1.75. The highest BCUT2D eigenvalue weighted by Crippen LogP contribution is 2.29. The minimum Gasteiger partial charge on any atom is -0.368 e. The van der Waals surface area contributed by atoms with Crippen LogP contribution in [0.4, 0.5) is 5.69 Å². The highest BCUT2D eigenvalue weighted by Gasteiger charge is 2.28. The molecule has 20 heavy (non-hydrogen) atoms. The summed E-state index contributed by atoms with van der Waals surface area (Å²) in [5.41, 5.74) is 4.72. The Morgan fingerprint density at radius 2 is 2.15 bits per heavy atom. The van der Waals surface area contributed by atoms with Crippen LogP contribution < -0.4 is 11.1 Å². The lowest BCUT2D eigenvalue weighted by Crippen LogP contribution is -2.51. The van der Waals surface area contributed by atoms with E-state index in [9.17, 15) is 14.9 Å². The molecule has 1 unspecified atom stereocenters. The molecule has 7 heteroatoms. The van der Waals surface area contributed by atoms with Gasteiger partial charge in [0.1, 0.15) is 0 Å². The molecule has 0 fully saturated rings. The van der Waals surface area contributed by atoms with E-state index in [1.165, 1.54) is 17.8 Å². The van der Waals surface area contributed by atoms with Crippen LogP contribution in [0.5, 0.6) is 0 Å². The lowest BCUT2D eigenvalue weighted by Gasteiger charge is -2.25. The lowest BCUT2D eigenvalue weighted by molar-refractivity contribution is -0.387. The smallest absolute Gasteiger partial charge is 0.282 e. The largest absolute Gasteiger partial charge is 0.368 e. The highest BCUT2D eigenvalue weighted by molar-refractivity contribution is 7.99. The minimum atomic E-state index is -0.733. The first kappa shape index (κ1) is 16.5. The normalized spacial score (nSPS) is 13.7. The number of rotatable bonds is 8. The van der Waals surface area contributed by atoms with Crippen molar-refractivity contribution in [2.45, 2.75) is 30.2 Å². The molecule has 0 saturated carbocycles. The molecular weight excluding hydrogens is 278 g/mol. The zero-order valence-corrected chi connectivity index (χ0v) is 12.4. The zero-order valence-electron chi connectivity index (χ0n) is 11.6. The fourth-order valence-corrected chi connectivity index (χ4v) is 2.68. The number of amides is 1. The quantitative estimate of drug-likeness (QED) is 0.330. The third-order valence-electron chi connectivity index (χ3n) is 3.24. The van der Waals surface area contributed by atoms with Crippen LogP contribution in [0, 0.1) is 10.1 Å². The second kappa shape index (κ2) is 7.25. The second-order valence-corrected chi connectivity index (χ2v) is 5.76. The number of likely N-dealkylation sites (N-methyl/N-ethyl adjacent to an activating group) is 1. The molecule has 1 atom stereocenters. The van der Waals surface area contributed by atoms with Gasteiger partial charge in [-0.25, -0.2) is 0 Å². The molecule has 0 aromatic heterocycles. The number of benzene rings is 1. The van der Waals surface area contributed by atoms with Gasteiger partial charge in [0, 0.05) is 6.07 Å². The summed E-state index contributed by atoms with van der Waals surface area (Å²) in [5, 5.41) is 13.8. The summed E-state index contributed by atoms with van der Waals surface area (Å²) in [6.07, 6.45) is 1.32. The van der Waals surface area contributed by atoms with Crippen molar-refractivity contribution in [2.24, 2.45) is 5.73 Å². The first-order valence-electron chi connectivity index (χ1n) is 6.26. The first-order chi connectivity index (χ1) is 9.40. The Hall–Kier alpha value is -1.60. The van der Waals surface area contributed by atoms with Crippen LogP contribution in [-0.2, 0) is 4.79 Å². The van der Waals surface area contributed by atoms with Crippen LogP contribution in [0.1, 0.15) is 19.8 Å². The van der Waals surface area contributed by atoms with Gasteiger partial charge in [-0.15, -0.1) is 11.8 Å². The van der Waals surface area contributed by atoms with Gasteiger partial charge in [-0.3, -0.25) is 14.9 Å². The Morgan fingerprint density at radius 1 is 1.50 bits per heavy atom. The molecule has 1 amide bonds. The fourth-order valence-electron chi connectivity index (χ4n) is 1.71. The predicted molar refractivity (Wildman–Crippen MR) is 79.7 cm³/mol. The predicted octanol–water partition coefficient (Wildman–Crippen LogP) is 1.93. The van der Waals surface area contributed by atoms with E-state index < -0.39 is 11.4 Å². The van der Waals surface area contributed by atoms with Gasteiger partial charge in [0.25, 0.3) is 5.69 Å². The molecule has 0 aliphatic carbocycles. The Balaban J connectivity index is 2.54. The molecule has 0 spiro atoms. The number of thioether (sulfide) groups is 1. The number of carbonyl (C=O) groups excluding carboxylic acids is 1. The number of hydrogen-bond donors (Lipinski definition) is 2. The third kappa shape index (κ3) is 4.21. The Bertz CT molecular complexity index is 496. The fraction of sp³-hybridized carbons (Fsp3) is 0.462. The lowest BCUT2D eigenvalue weighted by atomic mass is 9.96. The van der Waals surface area contributed by atoms with Crippen LogP contribution in [0.15, 0.2) is 29.2 Å². The van der Waals surface area contributed by atoms with Gasteiger partial charge in [-0.05, 0) is 38.6 Å². The van der Waals surface area contributed by atoms with Gasteiger partial charge in [0.05, 0.1) is 15.4 Å². The van der Waals surface area contributed by atoms with Crippen LogP contribution in [0.25, 0.3) is 0 Å². The van der Waals surface area contributed by atoms with Gasteiger partial charge in [0.15, 0.2) is 0 Å². The maximum Gasteiger partial charge on any atom is 0.282 e. The van der Waals surface area contributed by atoms with Crippen LogP contribution in [0.2, 0.25) is 0 Å².